The smallest absolute Gasteiger partial charge is 0.225 e. The molecule has 5 nitrogen and oxygen atoms in total. The van der Waals surface area contributed by atoms with Gasteiger partial charge in [0.1, 0.15) is 0 Å². The molecule has 1 saturated carbocycles. The molecule has 0 radical (unpaired) electrons. The molecule has 0 bridgehead atoms. The van der Waals surface area contributed by atoms with Crippen molar-refractivity contribution >= 4 is 5.91 Å². The van der Waals surface area contributed by atoms with Crippen LogP contribution in [0.15, 0.2) is 0 Å². The van der Waals surface area contributed by atoms with Gasteiger partial charge in [-0.05, 0) is 38.0 Å². The summed E-state index contributed by atoms with van der Waals surface area (Å²) >= 11 is 0. The zero-order valence-electron chi connectivity index (χ0n) is 12.5. The van der Waals surface area contributed by atoms with Gasteiger partial charge in [-0.3, -0.25) is 4.79 Å². The molecule has 0 spiro atoms. The Morgan fingerprint density at radius 3 is 2.60 bits per heavy atom. The fourth-order valence-corrected chi connectivity index (χ4v) is 3.30. The minimum Gasteiger partial charge on any atom is -0.394 e. The van der Waals surface area contributed by atoms with Gasteiger partial charge in [0.15, 0.2) is 0 Å². The van der Waals surface area contributed by atoms with Crippen molar-refractivity contribution in [1.82, 2.24) is 4.90 Å². The van der Waals surface area contributed by atoms with Gasteiger partial charge in [0.05, 0.1) is 19.3 Å². The highest BCUT2D eigenvalue weighted by Gasteiger charge is 2.33. The topological polar surface area (TPSA) is 75.8 Å². The monoisotopic (exact) mass is 284 g/mol. The van der Waals surface area contributed by atoms with E-state index in [0.717, 1.165) is 45.2 Å². The first-order valence-electron chi connectivity index (χ1n) is 7.88. The normalized spacial score (nSPS) is 32.4. The van der Waals surface area contributed by atoms with Gasteiger partial charge in [-0.1, -0.05) is 6.92 Å². The highest BCUT2D eigenvalue weighted by Crippen LogP contribution is 2.30. The van der Waals surface area contributed by atoms with Gasteiger partial charge >= 0.3 is 0 Å². The van der Waals surface area contributed by atoms with Gasteiger partial charge in [0.25, 0.3) is 0 Å². The molecule has 0 aromatic heterocycles. The maximum Gasteiger partial charge on any atom is 0.225 e. The number of nitrogens with zero attached hydrogens (tertiary/aromatic N) is 1. The van der Waals surface area contributed by atoms with Crippen LogP contribution in [0.1, 0.15) is 39.0 Å². The van der Waals surface area contributed by atoms with Crippen molar-refractivity contribution in [2.75, 3.05) is 26.3 Å². The third kappa shape index (κ3) is 3.93. The molecule has 0 aromatic carbocycles. The Kier molecular flexibility index (Phi) is 5.81. The SMILES string of the molecule is CC1CCC(C(=O)N2CCC(OCCO)CC2)CC1N. The van der Waals surface area contributed by atoms with Crippen LogP contribution in [0, 0.1) is 11.8 Å². The lowest BCUT2D eigenvalue weighted by molar-refractivity contribution is -0.139. The number of nitrogens with two attached hydrogens (primary N) is 1. The number of aliphatic hydroxyl groups is 1. The first-order chi connectivity index (χ1) is 9.61. The average molecular weight is 284 g/mol. The first-order valence-corrected chi connectivity index (χ1v) is 7.88. The Morgan fingerprint density at radius 1 is 1.30 bits per heavy atom. The number of amides is 1. The highest BCUT2D eigenvalue weighted by molar-refractivity contribution is 5.79. The van der Waals surface area contributed by atoms with Gasteiger partial charge in [0.2, 0.25) is 5.91 Å². The van der Waals surface area contributed by atoms with Crippen LogP contribution < -0.4 is 5.73 Å². The van der Waals surface area contributed by atoms with Crippen LogP contribution in [0.4, 0.5) is 0 Å². The van der Waals surface area contributed by atoms with Crippen molar-refractivity contribution in [3.05, 3.63) is 0 Å². The number of rotatable bonds is 4. The van der Waals surface area contributed by atoms with Crippen LogP contribution in [0.25, 0.3) is 0 Å². The summed E-state index contributed by atoms with van der Waals surface area (Å²) < 4.78 is 5.53. The summed E-state index contributed by atoms with van der Waals surface area (Å²) in [4.78, 5) is 14.5. The molecule has 116 valence electrons. The van der Waals surface area contributed by atoms with E-state index in [1.54, 1.807) is 0 Å². The van der Waals surface area contributed by atoms with Gasteiger partial charge < -0.3 is 20.5 Å². The largest absolute Gasteiger partial charge is 0.394 e. The van der Waals surface area contributed by atoms with E-state index in [1.165, 1.54) is 0 Å². The minimum absolute atomic E-state index is 0.0668. The molecule has 2 rings (SSSR count). The van der Waals surface area contributed by atoms with Crippen LogP contribution in [-0.4, -0.2) is 54.4 Å². The standard InChI is InChI=1S/C15H28N2O3/c1-11-2-3-12(10-14(11)16)15(19)17-6-4-13(5-7-17)20-9-8-18/h11-14,18H,2-10,16H2,1H3. The molecule has 3 atom stereocenters. The molecule has 20 heavy (non-hydrogen) atoms. The highest BCUT2D eigenvalue weighted by atomic mass is 16.5. The molecule has 1 aliphatic heterocycles. The molecule has 1 heterocycles. The molecule has 2 aliphatic rings. The van der Waals surface area contributed by atoms with Crippen LogP contribution >= 0.6 is 0 Å². The van der Waals surface area contributed by atoms with Crippen molar-refractivity contribution in [3.63, 3.8) is 0 Å². The molecule has 3 unspecified atom stereocenters. The molecule has 1 aliphatic carbocycles. The lowest BCUT2D eigenvalue weighted by Gasteiger charge is -2.37. The minimum atomic E-state index is 0.0668. The first kappa shape index (κ1) is 15.7. The zero-order valence-corrected chi connectivity index (χ0v) is 12.5. The molecule has 3 N–H and O–H groups in total. The summed E-state index contributed by atoms with van der Waals surface area (Å²) in [6, 6.07) is 0.170. The molecule has 0 aromatic rings. The van der Waals surface area contributed by atoms with E-state index in [0.29, 0.717) is 12.5 Å². The van der Waals surface area contributed by atoms with Crippen LogP contribution in [0.5, 0.6) is 0 Å². The average Bonchev–Trinajstić information content (AvgIpc) is 2.48. The third-order valence-electron chi connectivity index (χ3n) is 4.81. The van der Waals surface area contributed by atoms with Crippen molar-refractivity contribution < 1.29 is 14.6 Å². The Balaban J connectivity index is 1.77. The number of aliphatic hydroxyl groups excluding tert-OH is 1. The van der Waals surface area contributed by atoms with E-state index in [9.17, 15) is 4.79 Å². The van der Waals surface area contributed by atoms with E-state index < -0.39 is 0 Å². The lowest BCUT2D eigenvalue weighted by Crippen LogP contribution is -2.47. The molecule has 1 saturated heterocycles. The fraction of sp³-hybridized carbons (Fsp3) is 0.933. The third-order valence-corrected chi connectivity index (χ3v) is 4.81. The van der Waals surface area contributed by atoms with Crippen molar-refractivity contribution in [2.45, 2.75) is 51.2 Å². The van der Waals surface area contributed by atoms with Gasteiger partial charge in [-0.25, -0.2) is 0 Å². The maximum atomic E-state index is 12.5. The van der Waals surface area contributed by atoms with Crippen LogP contribution in [0.2, 0.25) is 0 Å². The summed E-state index contributed by atoms with van der Waals surface area (Å²) in [7, 11) is 0. The van der Waals surface area contributed by atoms with E-state index in [2.05, 4.69) is 6.92 Å². The number of piperidine rings is 1. The second-order valence-electron chi connectivity index (χ2n) is 6.27. The molecular formula is C15H28N2O3. The number of ether oxygens (including phenoxy) is 1. The Morgan fingerprint density at radius 2 is 2.00 bits per heavy atom. The maximum absolute atomic E-state index is 12.5. The fourth-order valence-electron chi connectivity index (χ4n) is 3.30. The van der Waals surface area contributed by atoms with E-state index in [1.807, 2.05) is 4.90 Å². The van der Waals surface area contributed by atoms with Crippen molar-refractivity contribution in [2.24, 2.45) is 17.6 Å². The summed E-state index contributed by atoms with van der Waals surface area (Å²) in [6.45, 7) is 4.19. The Bertz CT molecular complexity index is 316. The number of hydrogen-bond acceptors (Lipinski definition) is 4. The summed E-state index contributed by atoms with van der Waals surface area (Å²) in [6.07, 6.45) is 4.82. The number of carbonyl (C=O) groups is 1. The summed E-state index contributed by atoms with van der Waals surface area (Å²) in [5, 5.41) is 8.75. The molecule has 2 fully saturated rings. The number of likely N-dealkylation sites (tertiary alicyclic amines) is 1. The summed E-state index contributed by atoms with van der Waals surface area (Å²) in [5.74, 6) is 0.945. The zero-order chi connectivity index (χ0) is 14.5. The van der Waals surface area contributed by atoms with Crippen LogP contribution in [-0.2, 0) is 9.53 Å². The number of hydrogen-bond donors (Lipinski definition) is 2. The Labute approximate surface area is 121 Å². The molecular weight excluding hydrogens is 256 g/mol. The van der Waals surface area contributed by atoms with E-state index >= 15 is 0 Å². The van der Waals surface area contributed by atoms with Gasteiger partial charge in [-0.2, -0.15) is 0 Å². The second-order valence-corrected chi connectivity index (χ2v) is 6.27. The Hall–Kier alpha value is -0.650. The second kappa shape index (κ2) is 7.38. The van der Waals surface area contributed by atoms with Gasteiger partial charge in [0, 0.05) is 25.0 Å². The predicted octanol–water partition coefficient (Wildman–Crippen LogP) is 0.750. The lowest BCUT2D eigenvalue weighted by atomic mass is 9.79. The van der Waals surface area contributed by atoms with Crippen molar-refractivity contribution in [3.8, 4) is 0 Å². The van der Waals surface area contributed by atoms with Gasteiger partial charge in [-0.15, -0.1) is 0 Å². The molecule has 1 amide bonds. The van der Waals surface area contributed by atoms with Crippen LogP contribution in [0.3, 0.4) is 0 Å². The van der Waals surface area contributed by atoms with E-state index in [-0.39, 0.29) is 30.6 Å². The number of carbonyl (C=O) groups excluding carboxylic acids is 1. The summed E-state index contributed by atoms with van der Waals surface area (Å²) in [5.41, 5.74) is 6.10. The predicted molar refractivity (Wildman–Crippen MR) is 77.1 cm³/mol. The van der Waals surface area contributed by atoms with E-state index in [4.69, 9.17) is 15.6 Å². The molecule has 5 heteroatoms. The quantitative estimate of drug-likeness (QED) is 0.799. The van der Waals surface area contributed by atoms with Crippen molar-refractivity contribution in [1.29, 1.82) is 0 Å².